The number of carbonyl (C=O) groups is 1. The summed E-state index contributed by atoms with van der Waals surface area (Å²) >= 11 is 0. The SMILES string of the molecule is CCOC(=O)C1CCN(c2cccc(-c3cc(F)cc(F)c3OCc3ccc(C4=CCN(CC(F)(F)F)CC4)cc3OC)n2)CC1. The number of aromatic nitrogens is 1. The standard InChI is InChI=1S/C34H36F5N3O4/c1-3-45-33(43)23-11-15-42(16-12-23)31-6-4-5-29(40-31)27-18-26(35)19-28(36)32(27)46-20-25-8-7-24(17-30(25)44-2)22-9-13-41(14-10-22)21-34(37,38)39/h4-9,17-19,23H,3,10-16,20-21H2,1-2H3. The molecule has 0 spiro atoms. The molecule has 0 amide bonds. The van der Waals surface area contributed by atoms with Gasteiger partial charge in [-0.05, 0) is 61.6 Å². The molecule has 0 radical (unpaired) electrons. The van der Waals surface area contributed by atoms with Crippen LogP contribution in [0.2, 0.25) is 0 Å². The molecule has 0 saturated carbocycles. The highest BCUT2D eigenvalue weighted by Crippen LogP contribution is 2.36. The minimum absolute atomic E-state index is 0.0987. The van der Waals surface area contributed by atoms with Crippen LogP contribution in [-0.2, 0) is 16.1 Å². The van der Waals surface area contributed by atoms with Crippen LogP contribution >= 0.6 is 0 Å². The Morgan fingerprint density at radius 2 is 1.83 bits per heavy atom. The van der Waals surface area contributed by atoms with Gasteiger partial charge in [-0.2, -0.15) is 13.2 Å². The second-order valence-corrected chi connectivity index (χ2v) is 11.3. The lowest BCUT2D eigenvalue weighted by atomic mass is 9.97. The monoisotopic (exact) mass is 645 g/mol. The zero-order valence-corrected chi connectivity index (χ0v) is 25.7. The van der Waals surface area contributed by atoms with Gasteiger partial charge in [0.1, 0.15) is 24.0 Å². The Hall–Kier alpha value is -4.19. The van der Waals surface area contributed by atoms with Crippen molar-refractivity contribution in [3.8, 4) is 22.8 Å². The van der Waals surface area contributed by atoms with Crippen LogP contribution in [-0.4, -0.2) is 68.5 Å². The van der Waals surface area contributed by atoms with Gasteiger partial charge in [-0.1, -0.05) is 24.3 Å². The van der Waals surface area contributed by atoms with E-state index in [2.05, 4.69) is 0 Å². The summed E-state index contributed by atoms with van der Waals surface area (Å²) in [4.78, 5) is 20.2. The molecule has 5 rings (SSSR count). The Kier molecular flexibility index (Phi) is 10.5. The Morgan fingerprint density at radius 3 is 2.50 bits per heavy atom. The minimum Gasteiger partial charge on any atom is -0.496 e. The molecule has 2 aliphatic rings. The molecular weight excluding hydrogens is 609 g/mol. The lowest BCUT2D eigenvalue weighted by Crippen LogP contribution is -2.37. The van der Waals surface area contributed by atoms with Crippen molar-refractivity contribution in [1.82, 2.24) is 9.88 Å². The summed E-state index contributed by atoms with van der Waals surface area (Å²) in [5, 5.41) is 0. The van der Waals surface area contributed by atoms with Crippen molar-refractivity contribution in [1.29, 1.82) is 0 Å². The van der Waals surface area contributed by atoms with Crippen LogP contribution in [0.4, 0.5) is 27.8 Å². The number of esters is 1. The van der Waals surface area contributed by atoms with Gasteiger partial charge in [-0.3, -0.25) is 9.69 Å². The smallest absolute Gasteiger partial charge is 0.401 e. The van der Waals surface area contributed by atoms with Gasteiger partial charge >= 0.3 is 12.1 Å². The van der Waals surface area contributed by atoms with Crippen LogP contribution in [0.15, 0.2) is 54.6 Å². The lowest BCUT2D eigenvalue weighted by Gasteiger charge is -2.32. The highest BCUT2D eigenvalue weighted by molar-refractivity contribution is 5.73. The molecule has 12 heteroatoms. The summed E-state index contributed by atoms with van der Waals surface area (Å²) < 4.78 is 84.6. The van der Waals surface area contributed by atoms with E-state index < -0.39 is 24.4 Å². The predicted molar refractivity (Wildman–Crippen MR) is 164 cm³/mol. The minimum atomic E-state index is -4.25. The molecule has 3 heterocycles. The first-order chi connectivity index (χ1) is 22.0. The molecule has 0 bridgehead atoms. The van der Waals surface area contributed by atoms with Crippen molar-refractivity contribution in [2.75, 3.05) is 51.3 Å². The molecular formula is C34H36F5N3O4. The van der Waals surface area contributed by atoms with E-state index in [1.807, 2.05) is 17.0 Å². The predicted octanol–water partition coefficient (Wildman–Crippen LogP) is 7.05. The fraction of sp³-hybridized carbons (Fsp3) is 0.412. The third kappa shape index (κ3) is 8.14. The first-order valence-electron chi connectivity index (χ1n) is 15.2. The van der Waals surface area contributed by atoms with Gasteiger partial charge in [0.2, 0.25) is 0 Å². The molecule has 46 heavy (non-hydrogen) atoms. The van der Waals surface area contributed by atoms with Gasteiger partial charge in [0.25, 0.3) is 0 Å². The van der Waals surface area contributed by atoms with E-state index in [1.165, 1.54) is 18.1 Å². The number of benzene rings is 2. The first-order valence-corrected chi connectivity index (χ1v) is 15.2. The first kappa shape index (κ1) is 33.2. The van der Waals surface area contributed by atoms with Crippen molar-refractivity contribution in [2.24, 2.45) is 5.92 Å². The third-order valence-electron chi connectivity index (χ3n) is 8.18. The molecule has 246 valence electrons. The molecule has 2 aliphatic heterocycles. The molecule has 1 aromatic heterocycles. The Balaban J connectivity index is 1.31. The van der Waals surface area contributed by atoms with Crippen LogP contribution in [0.3, 0.4) is 0 Å². The van der Waals surface area contributed by atoms with Gasteiger partial charge in [0, 0.05) is 43.4 Å². The number of rotatable bonds is 10. The quantitative estimate of drug-likeness (QED) is 0.173. The average Bonchev–Trinajstić information content (AvgIpc) is 3.04. The second kappa shape index (κ2) is 14.5. The number of hydrogen-bond acceptors (Lipinski definition) is 7. The van der Waals surface area contributed by atoms with E-state index in [-0.39, 0.29) is 42.9 Å². The molecule has 7 nitrogen and oxygen atoms in total. The summed E-state index contributed by atoms with van der Waals surface area (Å²) in [6.07, 6.45) is -0.786. The maximum absolute atomic E-state index is 15.2. The molecule has 2 aromatic carbocycles. The van der Waals surface area contributed by atoms with Gasteiger partial charge in [-0.15, -0.1) is 0 Å². The van der Waals surface area contributed by atoms with Crippen LogP contribution in [0.1, 0.15) is 37.3 Å². The maximum Gasteiger partial charge on any atom is 0.401 e. The summed E-state index contributed by atoms with van der Waals surface area (Å²) in [6.45, 7) is 2.71. The lowest BCUT2D eigenvalue weighted by molar-refractivity contribution is -0.148. The van der Waals surface area contributed by atoms with Gasteiger partial charge in [0.15, 0.2) is 11.6 Å². The fourth-order valence-electron chi connectivity index (χ4n) is 5.84. The number of hydrogen-bond donors (Lipinski definition) is 0. The van der Waals surface area contributed by atoms with E-state index in [9.17, 15) is 22.4 Å². The molecule has 0 atom stereocenters. The largest absolute Gasteiger partial charge is 0.496 e. The number of halogens is 5. The molecule has 0 unspecified atom stereocenters. The molecule has 1 saturated heterocycles. The molecule has 1 fully saturated rings. The Bertz CT molecular complexity index is 1570. The summed E-state index contributed by atoms with van der Waals surface area (Å²) in [7, 11) is 1.48. The van der Waals surface area contributed by atoms with Crippen molar-refractivity contribution in [3.63, 3.8) is 0 Å². The van der Waals surface area contributed by atoms with Gasteiger partial charge in [0.05, 0.1) is 31.9 Å². The number of carbonyl (C=O) groups excluding carboxylic acids is 1. The molecule has 3 aromatic rings. The van der Waals surface area contributed by atoms with E-state index >= 15 is 4.39 Å². The van der Waals surface area contributed by atoms with Crippen LogP contribution < -0.4 is 14.4 Å². The zero-order chi connectivity index (χ0) is 32.8. The van der Waals surface area contributed by atoms with Crippen molar-refractivity contribution >= 4 is 17.4 Å². The summed E-state index contributed by atoms with van der Waals surface area (Å²) in [6, 6.07) is 12.5. The number of pyridine rings is 1. The van der Waals surface area contributed by atoms with Crippen molar-refractivity contribution < 1.29 is 41.0 Å². The highest BCUT2D eigenvalue weighted by Gasteiger charge is 2.31. The third-order valence-corrected chi connectivity index (χ3v) is 8.18. The number of piperidine rings is 1. The van der Waals surface area contributed by atoms with E-state index in [4.69, 9.17) is 19.2 Å². The topological polar surface area (TPSA) is 64.1 Å². The van der Waals surface area contributed by atoms with E-state index in [0.717, 1.165) is 17.2 Å². The molecule has 0 aliphatic carbocycles. The maximum atomic E-state index is 15.2. The van der Waals surface area contributed by atoms with E-state index in [1.54, 1.807) is 37.3 Å². The summed E-state index contributed by atoms with van der Waals surface area (Å²) in [5.74, 6) is -1.12. The average molecular weight is 646 g/mol. The number of nitrogens with zero attached hydrogens (tertiary/aromatic N) is 3. The normalized spacial score (nSPS) is 16.2. The highest BCUT2D eigenvalue weighted by atomic mass is 19.4. The number of ether oxygens (including phenoxy) is 3. The van der Waals surface area contributed by atoms with E-state index in [0.29, 0.717) is 61.8 Å². The van der Waals surface area contributed by atoms with Crippen molar-refractivity contribution in [3.05, 3.63) is 77.4 Å². The fourth-order valence-corrected chi connectivity index (χ4v) is 5.84. The van der Waals surface area contributed by atoms with Crippen LogP contribution in [0.25, 0.3) is 16.8 Å². The Labute approximate surface area is 264 Å². The van der Waals surface area contributed by atoms with Crippen molar-refractivity contribution in [2.45, 2.75) is 39.0 Å². The second-order valence-electron chi connectivity index (χ2n) is 11.3. The number of methoxy groups -OCH3 is 1. The zero-order valence-electron chi connectivity index (χ0n) is 25.7. The summed E-state index contributed by atoms with van der Waals surface area (Å²) in [5.41, 5.74) is 2.79. The number of anilines is 1. The molecule has 0 N–H and O–H groups in total. The Morgan fingerprint density at radius 1 is 1.04 bits per heavy atom. The van der Waals surface area contributed by atoms with Gasteiger partial charge < -0.3 is 19.1 Å². The number of alkyl halides is 3. The van der Waals surface area contributed by atoms with Crippen LogP contribution in [0, 0.1) is 17.6 Å². The van der Waals surface area contributed by atoms with Crippen LogP contribution in [0.5, 0.6) is 11.5 Å². The van der Waals surface area contributed by atoms with Gasteiger partial charge in [-0.25, -0.2) is 13.8 Å².